The summed E-state index contributed by atoms with van der Waals surface area (Å²) >= 11 is 0. The van der Waals surface area contributed by atoms with E-state index in [0.29, 0.717) is 33.7 Å². The minimum Gasteiger partial charge on any atom is -0.496 e. The number of halogens is 1. The molecule has 0 aliphatic rings. The van der Waals surface area contributed by atoms with Crippen LogP contribution in [0, 0.1) is 12.7 Å². The number of para-hydroxylation sites is 2. The van der Waals surface area contributed by atoms with E-state index in [9.17, 15) is 14.0 Å². The molecule has 230 valence electrons. The highest BCUT2D eigenvalue weighted by Gasteiger charge is 2.19. The molecule has 0 bridgehead atoms. The second kappa shape index (κ2) is 13.4. The number of aryl methyl sites for hydroxylation is 1. The van der Waals surface area contributed by atoms with Gasteiger partial charge in [-0.1, -0.05) is 38.1 Å². The monoisotopic (exact) mass is 608 g/mol. The van der Waals surface area contributed by atoms with E-state index in [1.165, 1.54) is 36.2 Å². The smallest absolute Gasteiger partial charge is 0.282 e. The maximum absolute atomic E-state index is 13.9. The molecule has 9 nitrogen and oxygen atoms in total. The van der Waals surface area contributed by atoms with Crippen molar-refractivity contribution < 1.29 is 23.4 Å². The van der Waals surface area contributed by atoms with E-state index in [0.717, 1.165) is 22.4 Å². The number of nitrogens with zero attached hydrogens (tertiary/aromatic N) is 3. The highest BCUT2D eigenvalue weighted by atomic mass is 19.1. The number of fused-ring (bicyclic) bond motifs is 1. The zero-order valence-corrected chi connectivity index (χ0v) is 25.6. The van der Waals surface area contributed by atoms with Crippen LogP contribution in [0.1, 0.15) is 36.5 Å². The number of benzene rings is 4. The van der Waals surface area contributed by atoms with Crippen LogP contribution in [0.15, 0.2) is 88.8 Å². The fraction of sp³-hybridized carbons (Fsp3) is 0.200. The van der Waals surface area contributed by atoms with Crippen molar-refractivity contribution in [2.45, 2.75) is 26.7 Å². The molecule has 0 saturated carbocycles. The van der Waals surface area contributed by atoms with E-state index in [-0.39, 0.29) is 23.8 Å². The molecule has 0 unspecified atom stereocenters. The summed E-state index contributed by atoms with van der Waals surface area (Å²) in [4.78, 5) is 31.4. The van der Waals surface area contributed by atoms with Crippen molar-refractivity contribution in [1.82, 2.24) is 9.66 Å². The summed E-state index contributed by atoms with van der Waals surface area (Å²) in [7, 11) is 3.11. The number of amides is 1. The topological polar surface area (TPSA) is 104 Å². The van der Waals surface area contributed by atoms with Crippen LogP contribution in [0.4, 0.5) is 10.1 Å². The maximum Gasteiger partial charge on any atom is 0.282 e. The van der Waals surface area contributed by atoms with Crippen molar-refractivity contribution in [3.05, 3.63) is 112 Å². The third-order valence-corrected chi connectivity index (χ3v) is 7.19. The Bertz CT molecular complexity index is 1970. The Morgan fingerprint density at radius 3 is 2.49 bits per heavy atom. The Morgan fingerprint density at radius 1 is 1.00 bits per heavy atom. The van der Waals surface area contributed by atoms with Crippen molar-refractivity contribution in [3.63, 3.8) is 0 Å². The number of aromatic nitrogens is 2. The first-order valence-electron chi connectivity index (χ1n) is 14.3. The second-order valence-electron chi connectivity index (χ2n) is 10.6. The molecule has 4 aromatic carbocycles. The van der Waals surface area contributed by atoms with Gasteiger partial charge < -0.3 is 19.5 Å². The Labute approximate surface area is 259 Å². The van der Waals surface area contributed by atoms with Crippen LogP contribution < -0.4 is 25.1 Å². The lowest BCUT2D eigenvalue weighted by Gasteiger charge is -2.17. The maximum atomic E-state index is 13.9. The molecule has 0 spiro atoms. The van der Waals surface area contributed by atoms with Gasteiger partial charge in [0.2, 0.25) is 0 Å². The standard InChI is InChI=1S/C35H33FN4O5/c1-21(2)27-18-28(22(3)16-31(27)44-5)34-39-29-14-7-6-13-26(29)35(42)40(34)37-19-23-10-8-15-30(43-4)33(23)45-20-32(41)38-25-12-9-11-24(36)17-25/h6-19,21H,20H2,1-5H3,(H,38,41). The molecule has 5 aromatic rings. The van der Waals surface area contributed by atoms with Crippen LogP contribution in [0.3, 0.4) is 0 Å². The van der Waals surface area contributed by atoms with Crippen LogP contribution in [-0.4, -0.2) is 42.6 Å². The largest absolute Gasteiger partial charge is 0.496 e. The van der Waals surface area contributed by atoms with Gasteiger partial charge in [0.1, 0.15) is 11.6 Å². The molecule has 0 saturated heterocycles. The number of hydrogen-bond acceptors (Lipinski definition) is 7. The molecule has 1 N–H and O–H groups in total. The van der Waals surface area contributed by atoms with Gasteiger partial charge in [0.05, 0.1) is 31.3 Å². The van der Waals surface area contributed by atoms with E-state index < -0.39 is 11.7 Å². The summed E-state index contributed by atoms with van der Waals surface area (Å²) in [5.41, 5.74) is 3.50. The number of rotatable bonds is 10. The fourth-order valence-electron chi connectivity index (χ4n) is 4.94. The van der Waals surface area contributed by atoms with Gasteiger partial charge in [-0.25, -0.2) is 9.37 Å². The highest BCUT2D eigenvalue weighted by molar-refractivity contribution is 5.92. The number of methoxy groups -OCH3 is 2. The zero-order valence-electron chi connectivity index (χ0n) is 25.6. The van der Waals surface area contributed by atoms with Gasteiger partial charge in [0.15, 0.2) is 23.9 Å². The predicted molar refractivity (Wildman–Crippen MR) is 173 cm³/mol. The van der Waals surface area contributed by atoms with Crippen LogP contribution in [0.25, 0.3) is 22.3 Å². The predicted octanol–water partition coefficient (Wildman–Crippen LogP) is 6.55. The molecule has 0 aliphatic heterocycles. The van der Waals surface area contributed by atoms with E-state index >= 15 is 0 Å². The molecule has 5 rings (SSSR count). The van der Waals surface area contributed by atoms with E-state index in [1.54, 1.807) is 49.6 Å². The minimum atomic E-state index is -0.498. The number of ether oxygens (including phenoxy) is 3. The lowest BCUT2D eigenvalue weighted by atomic mass is 9.96. The quantitative estimate of drug-likeness (QED) is 0.180. The van der Waals surface area contributed by atoms with Gasteiger partial charge in [-0.3, -0.25) is 9.59 Å². The van der Waals surface area contributed by atoms with Crippen LogP contribution in [-0.2, 0) is 4.79 Å². The molecule has 0 fully saturated rings. The molecule has 0 aliphatic carbocycles. The van der Waals surface area contributed by atoms with E-state index in [2.05, 4.69) is 24.3 Å². The SMILES string of the molecule is COc1cc(C)c(-c2nc3ccccc3c(=O)n2N=Cc2cccc(OC)c2OCC(=O)Nc2cccc(F)c2)cc1C(C)C. The van der Waals surface area contributed by atoms with Crippen LogP contribution in [0.5, 0.6) is 17.2 Å². The molecule has 1 heterocycles. The molecular weight excluding hydrogens is 575 g/mol. The average Bonchev–Trinajstić information content (AvgIpc) is 3.03. The van der Waals surface area contributed by atoms with Gasteiger partial charge >= 0.3 is 0 Å². The number of anilines is 1. The Kier molecular flexibility index (Phi) is 9.22. The van der Waals surface area contributed by atoms with Crippen molar-refractivity contribution in [3.8, 4) is 28.6 Å². The number of nitrogens with one attached hydrogen (secondary N) is 1. The highest BCUT2D eigenvalue weighted by Crippen LogP contribution is 2.34. The van der Waals surface area contributed by atoms with Gasteiger partial charge in [-0.15, -0.1) is 0 Å². The first-order valence-corrected chi connectivity index (χ1v) is 14.3. The summed E-state index contributed by atoms with van der Waals surface area (Å²) in [6, 6.07) is 21.7. The number of hydrogen-bond donors (Lipinski definition) is 1. The molecule has 45 heavy (non-hydrogen) atoms. The van der Waals surface area contributed by atoms with Gasteiger partial charge in [-0.05, 0) is 78.6 Å². The molecule has 1 aromatic heterocycles. The summed E-state index contributed by atoms with van der Waals surface area (Å²) < 4.78 is 31.8. The van der Waals surface area contributed by atoms with Crippen molar-refractivity contribution in [2.24, 2.45) is 5.10 Å². The first-order chi connectivity index (χ1) is 21.7. The summed E-state index contributed by atoms with van der Waals surface area (Å²) in [6.07, 6.45) is 1.46. The molecular formula is C35H33FN4O5. The molecule has 10 heteroatoms. The molecule has 1 amide bonds. The fourth-order valence-corrected chi connectivity index (χ4v) is 4.94. The Balaban J connectivity index is 1.57. The minimum absolute atomic E-state index is 0.151. The van der Waals surface area contributed by atoms with E-state index in [1.807, 2.05) is 25.1 Å². The summed E-state index contributed by atoms with van der Waals surface area (Å²) in [6.45, 7) is 5.68. The number of carbonyl (C=O) groups is 1. The van der Waals surface area contributed by atoms with Gasteiger partial charge in [-0.2, -0.15) is 9.78 Å². The molecule has 0 radical (unpaired) electrons. The summed E-state index contributed by atoms with van der Waals surface area (Å²) in [5, 5.41) is 7.62. The van der Waals surface area contributed by atoms with Gasteiger partial charge in [0.25, 0.3) is 11.5 Å². The second-order valence-corrected chi connectivity index (χ2v) is 10.6. The van der Waals surface area contributed by atoms with Gasteiger partial charge in [0, 0.05) is 16.8 Å². The Hall–Kier alpha value is -5.51. The normalized spacial score (nSPS) is 11.3. The van der Waals surface area contributed by atoms with Crippen molar-refractivity contribution in [2.75, 3.05) is 26.1 Å². The van der Waals surface area contributed by atoms with Crippen LogP contribution in [0.2, 0.25) is 0 Å². The third-order valence-electron chi connectivity index (χ3n) is 7.19. The van der Waals surface area contributed by atoms with Crippen molar-refractivity contribution >= 4 is 28.7 Å². The first kappa shape index (κ1) is 30.9. The number of carbonyl (C=O) groups excluding carboxylic acids is 1. The lowest BCUT2D eigenvalue weighted by molar-refractivity contribution is -0.118. The van der Waals surface area contributed by atoms with Crippen molar-refractivity contribution in [1.29, 1.82) is 0 Å². The average molecular weight is 609 g/mol. The van der Waals surface area contributed by atoms with E-state index in [4.69, 9.17) is 19.2 Å². The van der Waals surface area contributed by atoms with Crippen LogP contribution >= 0.6 is 0 Å². The summed E-state index contributed by atoms with van der Waals surface area (Å²) in [5.74, 6) is 0.889. The molecule has 0 atom stereocenters. The third kappa shape index (κ3) is 6.70. The lowest BCUT2D eigenvalue weighted by Crippen LogP contribution is -2.21. The zero-order chi connectivity index (χ0) is 32.1. The Morgan fingerprint density at radius 2 is 1.76 bits per heavy atom.